The molecular formula is C25H16Cl4N2O4. The van der Waals surface area contributed by atoms with Crippen molar-refractivity contribution >= 4 is 76.0 Å². The predicted octanol–water partition coefficient (Wildman–Crippen LogP) is 6.85. The van der Waals surface area contributed by atoms with Crippen LogP contribution in [0.1, 0.15) is 16.7 Å². The normalized spacial score (nSPS) is 14.9. The Morgan fingerprint density at radius 3 is 2.14 bits per heavy atom. The number of urea groups is 1. The van der Waals surface area contributed by atoms with Crippen molar-refractivity contribution in [2.75, 3.05) is 4.90 Å². The minimum Gasteiger partial charge on any atom is -0.486 e. The van der Waals surface area contributed by atoms with Gasteiger partial charge in [-0.15, -0.1) is 0 Å². The van der Waals surface area contributed by atoms with E-state index < -0.39 is 17.8 Å². The number of nitrogens with one attached hydrogen (secondary N) is 1. The number of carbonyl (C=O) groups excluding carboxylic acids is 3. The van der Waals surface area contributed by atoms with E-state index in [1.165, 1.54) is 18.2 Å². The number of benzene rings is 3. The molecule has 1 fully saturated rings. The highest BCUT2D eigenvalue weighted by atomic mass is 35.5. The fraction of sp³-hybridized carbons (Fsp3) is 0.0800. The van der Waals surface area contributed by atoms with Crippen LogP contribution in [0.3, 0.4) is 0 Å². The second kappa shape index (κ2) is 10.3. The molecule has 1 saturated heterocycles. The monoisotopic (exact) mass is 548 g/mol. The number of rotatable bonds is 5. The van der Waals surface area contributed by atoms with Crippen LogP contribution < -0.4 is 15.0 Å². The molecule has 3 aromatic rings. The quantitative estimate of drug-likeness (QED) is 0.279. The van der Waals surface area contributed by atoms with Crippen molar-refractivity contribution in [3.63, 3.8) is 0 Å². The Morgan fingerprint density at radius 1 is 0.857 bits per heavy atom. The average molecular weight is 550 g/mol. The van der Waals surface area contributed by atoms with Crippen LogP contribution in [0, 0.1) is 6.92 Å². The van der Waals surface area contributed by atoms with E-state index in [4.69, 9.17) is 51.1 Å². The lowest BCUT2D eigenvalue weighted by atomic mass is 10.1. The van der Waals surface area contributed by atoms with Crippen LogP contribution in [0.25, 0.3) is 6.08 Å². The first-order chi connectivity index (χ1) is 16.6. The van der Waals surface area contributed by atoms with Gasteiger partial charge in [0.25, 0.3) is 11.8 Å². The van der Waals surface area contributed by atoms with Crippen LogP contribution >= 0.6 is 46.4 Å². The van der Waals surface area contributed by atoms with Gasteiger partial charge in [0.05, 0.1) is 25.8 Å². The molecule has 0 radical (unpaired) electrons. The molecule has 0 aliphatic carbocycles. The Bertz CT molecular complexity index is 1360. The van der Waals surface area contributed by atoms with Gasteiger partial charge in [-0.05, 0) is 60.5 Å². The van der Waals surface area contributed by atoms with Crippen LogP contribution in [0.4, 0.5) is 10.5 Å². The fourth-order valence-corrected chi connectivity index (χ4v) is 4.27. The van der Waals surface area contributed by atoms with Gasteiger partial charge in [0.15, 0.2) is 5.75 Å². The summed E-state index contributed by atoms with van der Waals surface area (Å²) in [7, 11) is 0. The third kappa shape index (κ3) is 5.46. The summed E-state index contributed by atoms with van der Waals surface area (Å²) in [6.45, 7) is 2.01. The zero-order valence-electron chi connectivity index (χ0n) is 18.1. The van der Waals surface area contributed by atoms with Crippen molar-refractivity contribution in [1.29, 1.82) is 0 Å². The third-order valence-electron chi connectivity index (χ3n) is 5.09. The van der Waals surface area contributed by atoms with Crippen molar-refractivity contribution in [3.05, 3.63) is 97.0 Å². The summed E-state index contributed by atoms with van der Waals surface area (Å²) >= 11 is 24.7. The van der Waals surface area contributed by atoms with Gasteiger partial charge in [-0.25, -0.2) is 9.69 Å². The summed E-state index contributed by atoms with van der Waals surface area (Å²) in [6.07, 6.45) is 1.31. The number of imide groups is 2. The Balaban J connectivity index is 1.59. The number of amides is 4. The zero-order chi connectivity index (χ0) is 25.3. The van der Waals surface area contributed by atoms with E-state index in [0.29, 0.717) is 21.3 Å². The zero-order valence-corrected chi connectivity index (χ0v) is 21.1. The van der Waals surface area contributed by atoms with Gasteiger partial charge in [-0.3, -0.25) is 14.9 Å². The molecule has 178 valence electrons. The highest BCUT2D eigenvalue weighted by molar-refractivity contribution is 6.42. The predicted molar refractivity (Wildman–Crippen MR) is 137 cm³/mol. The Morgan fingerprint density at radius 2 is 1.51 bits per heavy atom. The van der Waals surface area contributed by atoms with Crippen molar-refractivity contribution in [3.8, 4) is 5.75 Å². The Labute approximate surface area is 221 Å². The largest absolute Gasteiger partial charge is 0.486 e. The van der Waals surface area contributed by atoms with Crippen LogP contribution in [-0.2, 0) is 16.2 Å². The number of ether oxygens (including phenoxy) is 1. The van der Waals surface area contributed by atoms with Crippen molar-refractivity contribution in [2.45, 2.75) is 13.5 Å². The van der Waals surface area contributed by atoms with Crippen molar-refractivity contribution in [1.82, 2.24) is 5.32 Å². The maximum absolute atomic E-state index is 13.0. The molecule has 6 nitrogen and oxygen atoms in total. The van der Waals surface area contributed by atoms with E-state index in [-0.39, 0.29) is 28.0 Å². The maximum atomic E-state index is 13.0. The summed E-state index contributed by atoms with van der Waals surface area (Å²) in [6, 6.07) is 14.0. The minimum atomic E-state index is -0.830. The van der Waals surface area contributed by atoms with Crippen LogP contribution in [0.2, 0.25) is 20.1 Å². The molecule has 1 N–H and O–H groups in total. The van der Waals surface area contributed by atoms with E-state index >= 15 is 0 Å². The van der Waals surface area contributed by atoms with E-state index in [1.807, 2.05) is 6.92 Å². The van der Waals surface area contributed by atoms with Gasteiger partial charge < -0.3 is 4.74 Å². The topological polar surface area (TPSA) is 75.7 Å². The van der Waals surface area contributed by atoms with Gasteiger partial charge in [-0.1, -0.05) is 70.2 Å². The first kappa shape index (κ1) is 25.1. The standard InChI is InChI=1S/C25H16Cl4N2O4/c1-13-2-5-16(6-3-13)31-24(33)17(23(32)30-25(31)34)8-15-10-20(28)22(21(29)11-15)35-12-14-4-7-18(26)19(27)9-14/h2-11H,12H2,1H3,(H,30,32,34)/b17-8+. The van der Waals surface area contributed by atoms with Gasteiger partial charge >= 0.3 is 6.03 Å². The molecule has 0 spiro atoms. The smallest absolute Gasteiger partial charge is 0.335 e. The lowest BCUT2D eigenvalue weighted by Gasteiger charge is -2.26. The van der Waals surface area contributed by atoms with Crippen molar-refractivity contribution < 1.29 is 19.1 Å². The van der Waals surface area contributed by atoms with E-state index in [1.54, 1.807) is 42.5 Å². The molecule has 0 saturated carbocycles. The molecule has 10 heteroatoms. The van der Waals surface area contributed by atoms with Gasteiger partial charge in [0, 0.05) is 0 Å². The van der Waals surface area contributed by atoms with Crippen LogP contribution in [0.15, 0.2) is 60.2 Å². The van der Waals surface area contributed by atoms with Crippen molar-refractivity contribution in [2.24, 2.45) is 0 Å². The summed E-state index contributed by atoms with van der Waals surface area (Å²) in [5.41, 5.74) is 2.17. The number of aryl methyl sites for hydroxylation is 1. The highest BCUT2D eigenvalue weighted by Crippen LogP contribution is 2.36. The van der Waals surface area contributed by atoms with E-state index in [0.717, 1.165) is 16.0 Å². The molecule has 3 aromatic carbocycles. The number of hydrogen-bond donors (Lipinski definition) is 1. The van der Waals surface area contributed by atoms with E-state index in [9.17, 15) is 14.4 Å². The lowest BCUT2D eigenvalue weighted by Crippen LogP contribution is -2.54. The van der Waals surface area contributed by atoms with Crippen LogP contribution in [-0.4, -0.2) is 17.8 Å². The summed E-state index contributed by atoms with van der Waals surface area (Å²) < 4.78 is 5.75. The fourth-order valence-electron chi connectivity index (χ4n) is 3.34. The maximum Gasteiger partial charge on any atom is 0.335 e. The average Bonchev–Trinajstić information content (AvgIpc) is 2.79. The van der Waals surface area contributed by atoms with Crippen LogP contribution in [0.5, 0.6) is 5.75 Å². The molecule has 0 aromatic heterocycles. The van der Waals surface area contributed by atoms with Gasteiger partial charge in [0.2, 0.25) is 0 Å². The molecule has 1 heterocycles. The summed E-state index contributed by atoms with van der Waals surface area (Å²) in [5.74, 6) is -1.37. The Kier molecular flexibility index (Phi) is 7.38. The molecule has 0 bridgehead atoms. The number of barbiturate groups is 1. The number of carbonyl (C=O) groups is 3. The third-order valence-corrected chi connectivity index (χ3v) is 6.39. The second-order valence-corrected chi connectivity index (χ2v) is 9.27. The number of halogens is 4. The first-order valence-corrected chi connectivity index (χ1v) is 11.7. The SMILES string of the molecule is Cc1ccc(N2C(=O)NC(=O)/C(=C\c3cc(Cl)c(OCc4ccc(Cl)c(Cl)c4)c(Cl)c3)C2=O)cc1. The van der Waals surface area contributed by atoms with Gasteiger partial charge in [-0.2, -0.15) is 0 Å². The van der Waals surface area contributed by atoms with Gasteiger partial charge in [0.1, 0.15) is 12.2 Å². The summed E-state index contributed by atoms with van der Waals surface area (Å²) in [5, 5.41) is 3.32. The highest BCUT2D eigenvalue weighted by Gasteiger charge is 2.36. The lowest BCUT2D eigenvalue weighted by molar-refractivity contribution is -0.122. The minimum absolute atomic E-state index is 0.130. The number of anilines is 1. The Hall–Kier alpha value is -3.03. The molecule has 0 atom stereocenters. The summed E-state index contributed by atoms with van der Waals surface area (Å²) in [4.78, 5) is 38.7. The molecule has 4 rings (SSSR count). The molecule has 0 unspecified atom stereocenters. The number of hydrogen-bond acceptors (Lipinski definition) is 4. The molecular weight excluding hydrogens is 534 g/mol. The number of nitrogens with zero attached hydrogens (tertiary/aromatic N) is 1. The molecule has 35 heavy (non-hydrogen) atoms. The van der Waals surface area contributed by atoms with E-state index in [2.05, 4.69) is 5.32 Å². The second-order valence-electron chi connectivity index (χ2n) is 7.64. The molecule has 1 aliphatic heterocycles. The molecule has 1 aliphatic rings. The molecule has 4 amide bonds. The first-order valence-electron chi connectivity index (χ1n) is 10.2.